The van der Waals surface area contributed by atoms with Crippen molar-refractivity contribution in [2.45, 2.75) is 6.61 Å². The highest BCUT2D eigenvalue weighted by molar-refractivity contribution is 5.68. The summed E-state index contributed by atoms with van der Waals surface area (Å²) in [6.07, 6.45) is 0. The standard InChI is InChI=1S/C14H10FNO/c15-13-6-10(8-16)5-12(7-13)14-4-2-1-3-11(14)9-17/h1-7,17H,9H2. The van der Waals surface area contributed by atoms with Gasteiger partial charge in [0.1, 0.15) is 5.82 Å². The van der Waals surface area contributed by atoms with Crippen LogP contribution in [0.15, 0.2) is 42.5 Å². The molecule has 0 spiro atoms. The molecule has 2 rings (SSSR count). The first-order valence-electron chi connectivity index (χ1n) is 5.14. The second-order valence-corrected chi connectivity index (χ2v) is 3.66. The third kappa shape index (κ3) is 2.32. The maximum atomic E-state index is 13.3. The Kier molecular flexibility index (Phi) is 3.17. The molecule has 0 saturated heterocycles. The number of halogens is 1. The van der Waals surface area contributed by atoms with Crippen LogP contribution in [0.2, 0.25) is 0 Å². The molecule has 0 saturated carbocycles. The van der Waals surface area contributed by atoms with Gasteiger partial charge in [-0.2, -0.15) is 5.26 Å². The number of benzene rings is 2. The lowest BCUT2D eigenvalue weighted by molar-refractivity contribution is 0.282. The van der Waals surface area contributed by atoms with Gasteiger partial charge in [-0.15, -0.1) is 0 Å². The van der Waals surface area contributed by atoms with E-state index < -0.39 is 5.82 Å². The highest BCUT2D eigenvalue weighted by Gasteiger charge is 2.06. The second-order valence-electron chi connectivity index (χ2n) is 3.66. The average Bonchev–Trinajstić information content (AvgIpc) is 2.37. The molecule has 2 nitrogen and oxygen atoms in total. The van der Waals surface area contributed by atoms with Crippen molar-refractivity contribution in [3.8, 4) is 17.2 Å². The second kappa shape index (κ2) is 4.77. The molecule has 2 aromatic carbocycles. The van der Waals surface area contributed by atoms with E-state index in [-0.39, 0.29) is 12.2 Å². The number of nitriles is 1. The molecule has 17 heavy (non-hydrogen) atoms. The van der Waals surface area contributed by atoms with Gasteiger partial charge in [0.15, 0.2) is 0 Å². The summed E-state index contributed by atoms with van der Waals surface area (Å²) in [5, 5.41) is 18.0. The Bertz CT molecular complexity index is 587. The molecule has 0 radical (unpaired) electrons. The van der Waals surface area contributed by atoms with Gasteiger partial charge >= 0.3 is 0 Å². The van der Waals surface area contributed by atoms with Gasteiger partial charge in [-0.3, -0.25) is 0 Å². The topological polar surface area (TPSA) is 44.0 Å². The molecule has 0 fully saturated rings. The van der Waals surface area contributed by atoms with Crippen LogP contribution in [0, 0.1) is 17.1 Å². The average molecular weight is 227 g/mol. The predicted molar refractivity (Wildman–Crippen MR) is 62.5 cm³/mol. The molecule has 0 heterocycles. The van der Waals surface area contributed by atoms with E-state index in [1.54, 1.807) is 24.3 Å². The van der Waals surface area contributed by atoms with Crippen LogP contribution in [0.25, 0.3) is 11.1 Å². The molecule has 3 heteroatoms. The number of hydrogen-bond acceptors (Lipinski definition) is 2. The Hall–Kier alpha value is -2.18. The molecular formula is C14H10FNO. The summed E-state index contributed by atoms with van der Waals surface area (Å²) in [4.78, 5) is 0. The van der Waals surface area contributed by atoms with Crippen molar-refractivity contribution in [2.24, 2.45) is 0 Å². The number of aliphatic hydroxyl groups is 1. The zero-order valence-electron chi connectivity index (χ0n) is 9.02. The minimum atomic E-state index is -0.452. The molecule has 0 aliphatic rings. The smallest absolute Gasteiger partial charge is 0.125 e. The predicted octanol–water partition coefficient (Wildman–Crippen LogP) is 2.86. The first kappa shape index (κ1) is 11.3. The van der Waals surface area contributed by atoms with E-state index in [0.29, 0.717) is 11.1 Å². The van der Waals surface area contributed by atoms with Gasteiger partial charge in [0.2, 0.25) is 0 Å². The van der Waals surface area contributed by atoms with Gasteiger partial charge in [0, 0.05) is 0 Å². The number of aliphatic hydroxyl groups excluding tert-OH is 1. The third-order valence-corrected chi connectivity index (χ3v) is 2.53. The van der Waals surface area contributed by atoms with Crippen molar-refractivity contribution in [2.75, 3.05) is 0 Å². The van der Waals surface area contributed by atoms with Crippen LogP contribution in [0.1, 0.15) is 11.1 Å². The molecule has 84 valence electrons. The van der Waals surface area contributed by atoms with Crippen molar-refractivity contribution in [3.05, 3.63) is 59.4 Å². The first-order chi connectivity index (χ1) is 8.24. The zero-order chi connectivity index (χ0) is 12.3. The van der Waals surface area contributed by atoms with E-state index in [0.717, 1.165) is 5.56 Å². The molecule has 0 amide bonds. The fraction of sp³-hybridized carbons (Fsp3) is 0.0714. The minimum Gasteiger partial charge on any atom is -0.392 e. The highest BCUT2D eigenvalue weighted by atomic mass is 19.1. The van der Waals surface area contributed by atoms with Crippen molar-refractivity contribution in [1.29, 1.82) is 5.26 Å². The highest BCUT2D eigenvalue weighted by Crippen LogP contribution is 2.25. The number of nitrogens with zero attached hydrogens (tertiary/aromatic N) is 1. The van der Waals surface area contributed by atoms with Crippen molar-refractivity contribution in [3.63, 3.8) is 0 Å². The molecular weight excluding hydrogens is 217 g/mol. The molecule has 1 N–H and O–H groups in total. The zero-order valence-corrected chi connectivity index (χ0v) is 9.02. The van der Waals surface area contributed by atoms with Gasteiger partial charge in [0.25, 0.3) is 0 Å². The van der Waals surface area contributed by atoms with E-state index in [1.165, 1.54) is 12.1 Å². The quantitative estimate of drug-likeness (QED) is 0.857. The normalized spacial score (nSPS) is 9.94. The van der Waals surface area contributed by atoms with Gasteiger partial charge in [0.05, 0.1) is 18.2 Å². The van der Waals surface area contributed by atoms with Gasteiger partial charge < -0.3 is 5.11 Å². The number of hydrogen-bond donors (Lipinski definition) is 1. The van der Waals surface area contributed by atoms with Crippen LogP contribution in [0.5, 0.6) is 0 Å². The molecule has 0 aliphatic heterocycles. The summed E-state index contributed by atoms with van der Waals surface area (Å²) in [6.45, 7) is -0.116. The largest absolute Gasteiger partial charge is 0.392 e. The Labute approximate surface area is 98.6 Å². The van der Waals surface area contributed by atoms with E-state index >= 15 is 0 Å². The first-order valence-corrected chi connectivity index (χ1v) is 5.14. The molecule has 0 bridgehead atoms. The molecule has 0 atom stereocenters. The lowest BCUT2D eigenvalue weighted by Gasteiger charge is -2.07. The van der Waals surface area contributed by atoms with Crippen LogP contribution in [-0.2, 0) is 6.61 Å². The molecule has 2 aromatic rings. The van der Waals surface area contributed by atoms with Gasteiger partial charge in [-0.1, -0.05) is 24.3 Å². The van der Waals surface area contributed by atoms with Crippen molar-refractivity contribution in [1.82, 2.24) is 0 Å². The summed E-state index contributed by atoms with van der Waals surface area (Å²) < 4.78 is 13.3. The van der Waals surface area contributed by atoms with Crippen molar-refractivity contribution < 1.29 is 9.50 Å². The van der Waals surface area contributed by atoms with E-state index in [2.05, 4.69) is 0 Å². The van der Waals surface area contributed by atoms with Crippen LogP contribution in [-0.4, -0.2) is 5.11 Å². The molecule has 0 unspecified atom stereocenters. The monoisotopic (exact) mass is 227 g/mol. The van der Waals surface area contributed by atoms with Crippen LogP contribution in [0.3, 0.4) is 0 Å². The van der Waals surface area contributed by atoms with E-state index in [9.17, 15) is 9.50 Å². The fourth-order valence-corrected chi connectivity index (χ4v) is 1.75. The Morgan fingerprint density at radius 1 is 1.18 bits per heavy atom. The summed E-state index contributed by atoms with van der Waals surface area (Å²) in [6, 6.07) is 13.2. The van der Waals surface area contributed by atoms with Crippen molar-refractivity contribution >= 4 is 0 Å². The van der Waals surface area contributed by atoms with Crippen LogP contribution < -0.4 is 0 Å². The van der Waals surface area contributed by atoms with Gasteiger partial charge in [-0.25, -0.2) is 4.39 Å². The fourth-order valence-electron chi connectivity index (χ4n) is 1.75. The maximum Gasteiger partial charge on any atom is 0.125 e. The lowest BCUT2D eigenvalue weighted by atomic mass is 9.98. The maximum absolute atomic E-state index is 13.3. The summed E-state index contributed by atoms with van der Waals surface area (Å²) >= 11 is 0. The van der Waals surface area contributed by atoms with Gasteiger partial charge in [-0.05, 0) is 34.9 Å². The summed E-state index contributed by atoms with van der Waals surface area (Å²) in [5.41, 5.74) is 2.33. The number of rotatable bonds is 2. The SMILES string of the molecule is N#Cc1cc(F)cc(-c2ccccc2CO)c1. The summed E-state index contributed by atoms with van der Waals surface area (Å²) in [5.74, 6) is -0.452. The Balaban J connectivity index is 2.60. The van der Waals surface area contributed by atoms with E-state index in [4.69, 9.17) is 5.26 Å². The van der Waals surface area contributed by atoms with E-state index in [1.807, 2.05) is 12.1 Å². The van der Waals surface area contributed by atoms with Crippen LogP contribution >= 0.6 is 0 Å². The minimum absolute atomic E-state index is 0.116. The Morgan fingerprint density at radius 2 is 1.94 bits per heavy atom. The lowest BCUT2D eigenvalue weighted by Crippen LogP contribution is -1.90. The van der Waals surface area contributed by atoms with Crippen LogP contribution in [0.4, 0.5) is 4.39 Å². The molecule has 0 aliphatic carbocycles. The molecule has 0 aromatic heterocycles. The third-order valence-electron chi connectivity index (χ3n) is 2.53. The summed E-state index contributed by atoms with van der Waals surface area (Å²) in [7, 11) is 0. The Morgan fingerprint density at radius 3 is 2.65 bits per heavy atom.